The number of carboxylic acids is 1. The normalized spacial score (nSPS) is 25.6. The van der Waals surface area contributed by atoms with Crippen molar-refractivity contribution in [1.29, 1.82) is 0 Å². The lowest BCUT2D eigenvalue weighted by Crippen LogP contribution is -2.45. The monoisotopic (exact) mass is 289 g/mol. The average molecular weight is 289 g/mol. The van der Waals surface area contributed by atoms with E-state index in [4.69, 9.17) is 0 Å². The Bertz CT molecular complexity index is 506. The molecule has 116 valence electrons. The summed E-state index contributed by atoms with van der Waals surface area (Å²) >= 11 is 0. The Morgan fingerprint density at radius 3 is 2.48 bits per heavy atom. The van der Waals surface area contributed by atoms with Crippen LogP contribution in [-0.4, -0.2) is 24.7 Å². The van der Waals surface area contributed by atoms with Gasteiger partial charge in [-0.15, -0.1) is 0 Å². The quantitative estimate of drug-likeness (QED) is 0.910. The van der Waals surface area contributed by atoms with E-state index in [1.54, 1.807) is 0 Å². The standard InChI is InChI=1S/C18H27NO2/c1-13-6-5-7-18(11-13,17(20)21)12-19(4)16-9-14(2)8-15(3)10-16/h8-10,13H,5-7,11-12H2,1-4H3,(H,20,21). The van der Waals surface area contributed by atoms with Gasteiger partial charge in [-0.3, -0.25) is 4.79 Å². The molecule has 2 unspecified atom stereocenters. The molecule has 0 aliphatic heterocycles. The van der Waals surface area contributed by atoms with Crippen LogP contribution in [0, 0.1) is 25.2 Å². The highest BCUT2D eigenvalue weighted by atomic mass is 16.4. The Kier molecular flexibility index (Phi) is 4.60. The minimum Gasteiger partial charge on any atom is -0.481 e. The number of rotatable bonds is 4. The van der Waals surface area contributed by atoms with Crippen LogP contribution >= 0.6 is 0 Å². The first kappa shape index (κ1) is 15.9. The van der Waals surface area contributed by atoms with E-state index in [0.29, 0.717) is 12.5 Å². The number of benzene rings is 1. The SMILES string of the molecule is Cc1cc(C)cc(N(C)CC2(C(=O)O)CCCC(C)C2)c1. The largest absolute Gasteiger partial charge is 0.481 e. The van der Waals surface area contributed by atoms with Crippen LogP contribution in [0.1, 0.15) is 43.7 Å². The Morgan fingerprint density at radius 2 is 1.95 bits per heavy atom. The average Bonchev–Trinajstić information content (AvgIpc) is 2.37. The third kappa shape index (κ3) is 3.58. The van der Waals surface area contributed by atoms with Crippen molar-refractivity contribution in [3.63, 3.8) is 0 Å². The molecule has 0 aromatic heterocycles. The summed E-state index contributed by atoms with van der Waals surface area (Å²) in [6, 6.07) is 6.41. The van der Waals surface area contributed by atoms with E-state index >= 15 is 0 Å². The first-order valence-electron chi connectivity index (χ1n) is 7.85. The molecule has 0 spiro atoms. The summed E-state index contributed by atoms with van der Waals surface area (Å²) in [5, 5.41) is 9.78. The third-order valence-corrected chi connectivity index (χ3v) is 4.73. The second-order valence-corrected chi connectivity index (χ2v) is 6.99. The number of aryl methyl sites for hydroxylation is 2. The molecule has 1 aliphatic rings. The van der Waals surface area contributed by atoms with Gasteiger partial charge in [-0.1, -0.05) is 25.8 Å². The topological polar surface area (TPSA) is 40.5 Å². The minimum atomic E-state index is -0.634. The van der Waals surface area contributed by atoms with Crippen molar-refractivity contribution in [3.8, 4) is 0 Å². The van der Waals surface area contributed by atoms with Gasteiger partial charge in [0, 0.05) is 19.3 Å². The molecule has 1 aromatic carbocycles. The lowest BCUT2D eigenvalue weighted by Gasteiger charge is -2.39. The smallest absolute Gasteiger partial charge is 0.311 e. The molecule has 1 fully saturated rings. The molecule has 0 bridgehead atoms. The van der Waals surface area contributed by atoms with Crippen molar-refractivity contribution < 1.29 is 9.90 Å². The fourth-order valence-corrected chi connectivity index (χ4v) is 3.78. The summed E-state index contributed by atoms with van der Waals surface area (Å²) in [4.78, 5) is 14.0. The predicted octanol–water partition coefficient (Wildman–Crippen LogP) is 4.02. The van der Waals surface area contributed by atoms with Crippen molar-refractivity contribution in [3.05, 3.63) is 29.3 Å². The van der Waals surface area contributed by atoms with Crippen LogP contribution in [0.15, 0.2) is 18.2 Å². The van der Waals surface area contributed by atoms with E-state index in [1.165, 1.54) is 11.1 Å². The van der Waals surface area contributed by atoms with Crippen LogP contribution in [0.2, 0.25) is 0 Å². The molecule has 1 aliphatic carbocycles. The van der Waals surface area contributed by atoms with E-state index in [-0.39, 0.29) is 0 Å². The van der Waals surface area contributed by atoms with Crippen molar-refractivity contribution in [2.24, 2.45) is 11.3 Å². The van der Waals surface area contributed by atoms with Crippen LogP contribution in [-0.2, 0) is 4.79 Å². The molecular weight excluding hydrogens is 262 g/mol. The van der Waals surface area contributed by atoms with Gasteiger partial charge in [-0.2, -0.15) is 0 Å². The van der Waals surface area contributed by atoms with Gasteiger partial charge in [-0.25, -0.2) is 0 Å². The van der Waals surface area contributed by atoms with Crippen LogP contribution in [0.5, 0.6) is 0 Å². The van der Waals surface area contributed by atoms with Gasteiger partial charge in [-0.05, 0) is 55.9 Å². The van der Waals surface area contributed by atoms with Crippen molar-refractivity contribution >= 4 is 11.7 Å². The van der Waals surface area contributed by atoms with Gasteiger partial charge in [0.25, 0.3) is 0 Å². The number of anilines is 1. The fourth-order valence-electron chi connectivity index (χ4n) is 3.78. The molecule has 0 amide bonds. The number of hydrogen-bond donors (Lipinski definition) is 1. The maximum Gasteiger partial charge on any atom is 0.311 e. The number of carboxylic acid groups (broad SMARTS) is 1. The van der Waals surface area contributed by atoms with Gasteiger partial charge >= 0.3 is 5.97 Å². The van der Waals surface area contributed by atoms with Gasteiger partial charge in [0.15, 0.2) is 0 Å². The first-order valence-corrected chi connectivity index (χ1v) is 7.85. The molecule has 21 heavy (non-hydrogen) atoms. The summed E-state index contributed by atoms with van der Waals surface area (Å²) < 4.78 is 0. The second-order valence-electron chi connectivity index (χ2n) is 6.99. The lowest BCUT2D eigenvalue weighted by molar-refractivity contribution is -0.151. The van der Waals surface area contributed by atoms with E-state index in [2.05, 4.69) is 43.9 Å². The molecular formula is C18H27NO2. The summed E-state index contributed by atoms with van der Waals surface area (Å²) in [6.07, 6.45) is 3.76. The van der Waals surface area contributed by atoms with Gasteiger partial charge in [0.05, 0.1) is 5.41 Å². The highest BCUT2D eigenvalue weighted by molar-refractivity contribution is 5.76. The Balaban J connectivity index is 2.22. The van der Waals surface area contributed by atoms with Gasteiger partial charge < -0.3 is 10.0 Å². The van der Waals surface area contributed by atoms with Crippen molar-refractivity contribution in [1.82, 2.24) is 0 Å². The molecule has 1 saturated carbocycles. The summed E-state index contributed by atoms with van der Waals surface area (Å²) in [5.41, 5.74) is 2.96. The number of carbonyl (C=O) groups is 1. The number of hydrogen-bond acceptors (Lipinski definition) is 2. The zero-order chi connectivity index (χ0) is 15.6. The van der Waals surface area contributed by atoms with E-state index < -0.39 is 11.4 Å². The van der Waals surface area contributed by atoms with Crippen molar-refractivity contribution in [2.75, 3.05) is 18.5 Å². The summed E-state index contributed by atoms with van der Waals surface area (Å²) in [6.45, 7) is 6.93. The minimum absolute atomic E-state index is 0.502. The molecule has 0 radical (unpaired) electrons. The van der Waals surface area contributed by atoms with Crippen LogP contribution in [0.4, 0.5) is 5.69 Å². The molecule has 0 heterocycles. The Labute approximate surface area is 128 Å². The maximum atomic E-state index is 11.9. The maximum absolute atomic E-state index is 11.9. The second kappa shape index (κ2) is 6.08. The molecule has 3 heteroatoms. The van der Waals surface area contributed by atoms with Gasteiger partial charge in [0.2, 0.25) is 0 Å². The third-order valence-electron chi connectivity index (χ3n) is 4.73. The van der Waals surface area contributed by atoms with Gasteiger partial charge in [0.1, 0.15) is 0 Å². The number of aliphatic carboxylic acids is 1. The van der Waals surface area contributed by atoms with Crippen molar-refractivity contribution in [2.45, 2.75) is 46.5 Å². The predicted molar refractivity (Wildman–Crippen MR) is 86.9 cm³/mol. The molecule has 0 saturated heterocycles. The highest BCUT2D eigenvalue weighted by Gasteiger charge is 2.42. The molecule has 2 rings (SSSR count). The zero-order valence-corrected chi connectivity index (χ0v) is 13.6. The molecule has 3 nitrogen and oxygen atoms in total. The first-order chi connectivity index (χ1) is 9.82. The van der Waals surface area contributed by atoms with Crippen LogP contribution in [0.25, 0.3) is 0 Å². The van der Waals surface area contributed by atoms with E-state index in [9.17, 15) is 9.90 Å². The zero-order valence-electron chi connectivity index (χ0n) is 13.6. The molecule has 1 N–H and O–H groups in total. The Morgan fingerprint density at radius 1 is 1.33 bits per heavy atom. The van der Waals surface area contributed by atoms with E-state index in [1.807, 2.05) is 7.05 Å². The van der Waals surface area contributed by atoms with Crippen LogP contribution < -0.4 is 4.90 Å². The summed E-state index contributed by atoms with van der Waals surface area (Å²) in [7, 11) is 2.01. The van der Waals surface area contributed by atoms with Crippen LogP contribution in [0.3, 0.4) is 0 Å². The Hall–Kier alpha value is -1.51. The number of nitrogens with zero attached hydrogens (tertiary/aromatic N) is 1. The van der Waals surface area contributed by atoms with E-state index in [0.717, 1.165) is 31.4 Å². The fraction of sp³-hybridized carbons (Fsp3) is 0.611. The highest BCUT2D eigenvalue weighted by Crippen LogP contribution is 2.40. The lowest BCUT2D eigenvalue weighted by atomic mass is 9.69. The molecule has 1 aromatic rings. The summed E-state index contributed by atoms with van der Waals surface area (Å²) in [5.74, 6) is -0.132. The molecule has 2 atom stereocenters.